The van der Waals surface area contributed by atoms with E-state index >= 15 is 0 Å². The zero-order chi connectivity index (χ0) is 18.1. The Morgan fingerprint density at radius 2 is 1.76 bits per heavy atom. The second-order valence-electron chi connectivity index (χ2n) is 5.78. The quantitative estimate of drug-likeness (QED) is 0.708. The monoisotopic (exact) mass is 338 g/mol. The predicted octanol–water partition coefficient (Wildman–Crippen LogP) is 2.94. The van der Waals surface area contributed by atoms with Crippen molar-refractivity contribution in [2.45, 2.75) is 26.4 Å². The molecule has 0 atom stereocenters. The Morgan fingerprint density at radius 3 is 2.40 bits per heavy atom. The third-order valence-electron chi connectivity index (χ3n) is 3.23. The van der Waals surface area contributed by atoms with E-state index in [4.69, 9.17) is 0 Å². The third kappa shape index (κ3) is 6.87. The highest BCUT2D eigenvalue weighted by Crippen LogP contribution is 2.09. The van der Waals surface area contributed by atoms with Gasteiger partial charge in [-0.15, -0.1) is 0 Å². The van der Waals surface area contributed by atoms with Crippen molar-refractivity contribution in [2.24, 2.45) is 0 Å². The van der Waals surface area contributed by atoms with Crippen LogP contribution in [0.2, 0.25) is 0 Å². The number of hydrogen-bond donors (Lipinski definition) is 3. The number of hydrogen-bond acceptors (Lipinski definition) is 3. The van der Waals surface area contributed by atoms with Gasteiger partial charge in [0.2, 0.25) is 5.91 Å². The van der Waals surface area contributed by atoms with Gasteiger partial charge in [0.15, 0.2) is 0 Å². The molecule has 0 unspecified atom stereocenters. The fraction of sp³-hybridized carbons (Fsp3) is 0.211. The molecule has 0 fully saturated rings. The third-order valence-corrected chi connectivity index (χ3v) is 3.23. The number of amides is 3. The molecule has 2 aromatic rings. The predicted molar refractivity (Wildman–Crippen MR) is 98.9 cm³/mol. The minimum Gasteiger partial charge on any atom is -0.348 e. The number of carbonyl (C=O) groups is 2. The first-order valence-electron chi connectivity index (χ1n) is 8.05. The van der Waals surface area contributed by atoms with Crippen molar-refractivity contribution in [2.75, 3.05) is 5.32 Å². The van der Waals surface area contributed by atoms with E-state index < -0.39 is 0 Å². The minimum absolute atomic E-state index is 0.0784. The molecule has 6 heteroatoms. The van der Waals surface area contributed by atoms with Crippen molar-refractivity contribution in [3.05, 3.63) is 66.0 Å². The lowest BCUT2D eigenvalue weighted by molar-refractivity contribution is -0.116. The number of rotatable bonds is 6. The van der Waals surface area contributed by atoms with E-state index in [0.717, 1.165) is 11.1 Å². The van der Waals surface area contributed by atoms with Crippen molar-refractivity contribution in [3.63, 3.8) is 0 Å². The minimum atomic E-state index is -0.239. The standard InChI is InChI=1S/C19H22N4O2/c1-14(2)22-19(25)23-17-6-3-16(4-7-17)13-21-18(24)8-5-15-9-11-20-12-10-15/h3-12,14H,13H2,1-2H3,(H,21,24)(H2,22,23,25)/b8-5+. The summed E-state index contributed by atoms with van der Waals surface area (Å²) in [6, 6.07) is 10.8. The normalized spacial score (nSPS) is 10.7. The van der Waals surface area contributed by atoms with Gasteiger partial charge in [0.1, 0.15) is 0 Å². The Kier molecular flexibility index (Phi) is 6.71. The summed E-state index contributed by atoms with van der Waals surface area (Å²) < 4.78 is 0. The number of nitrogens with zero attached hydrogens (tertiary/aromatic N) is 1. The zero-order valence-corrected chi connectivity index (χ0v) is 14.3. The van der Waals surface area contributed by atoms with Gasteiger partial charge in [0.05, 0.1) is 0 Å². The number of carbonyl (C=O) groups excluding carboxylic acids is 2. The Bertz CT molecular complexity index is 725. The first kappa shape index (κ1) is 18.2. The SMILES string of the molecule is CC(C)NC(=O)Nc1ccc(CNC(=O)/C=C/c2ccncc2)cc1. The molecule has 0 aliphatic carbocycles. The topological polar surface area (TPSA) is 83.1 Å². The first-order valence-corrected chi connectivity index (χ1v) is 8.05. The summed E-state index contributed by atoms with van der Waals surface area (Å²) in [4.78, 5) is 27.4. The summed E-state index contributed by atoms with van der Waals surface area (Å²) >= 11 is 0. The lowest BCUT2D eigenvalue weighted by atomic mass is 10.2. The summed E-state index contributed by atoms with van der Waals surface area (Å²) in [6.45, 7) is 4.21. The van der Waals surface area contributed by atoms with Crippen molar-refractivity contribution in [1.82, 2.24) is 15.6 Å². The van der Waals surface area contributed by atoms with E-state index in [0.29, 0.717) is 12.2 Å². The lowest BCUT2D eigenvalue weighted by Gasteiger charge is -2.10. The number of aromatic nitrogens is 1. The molecule has 3 N–H and O–H groups in total. The van der Waals surface area contributed by atoms with Crippen LogP contribution in [0.3, 0.4) is 0 Å². The number of pyridine rings is 1. The molecule has 1 aromatic carbocycles. The van der Waals surface area contributed by atoms with Crippen LogP contribution in [0.4, 0.5) is 10.5 Å². The van der Waals surface area contributed by atoms with E-state index in [-0.39, 0.29) is 18.0 Å². The van der Waals surface area contributed by atoms with Gasteiger partial charge in [-0.2, -0.15) is 0 Å². The molecule has 0 bridgehead atoms. The summed E-state index contributed by atoms with van der Waals surface area (Å²) in [5.74, 6) is -0.171. The fourth-order valence-corrected chi connectivity index (χ4v) is 2.03. The molecule has 1 aromatic heterocycles. The summed E-state index contributed by atoms with van der Waals surface area (Å²) in [7, 11) is 0. The van der Waals surface area contributed by atoms with Crippen molar-refractivity contribution >= 4 is 23.7 Å². The Morgan fingerprint density at radius 1 is 1.08 bits per heavy atom. The van der Waals surface area contributed by atoms with Gasteiger partial charge in [0.25, 0.3) is 0 Å². The molecule has 0 aliphatic rings. The maximum Gasteiger partial charge on any atom is 0.319 e. The average molecular weight is 338 g/mol. The van der Waals surface area contributed by atoms with Crippen molar-refractivity contribution in [1.29, 1.82) is 0 Å². The largest absolute Gasteiger partial charge is 0.348 e. The maximum absolute atomic E-state index is 11.8. The van der Waals surface area contributed by atoms with Crippen LogP contribution in [0.15, 0.2) is 54.9 Å². The van der Waals surface area contributed by atoms with E-state index in [9.17, 15) is 9.59 Å². The van der Waals surface area contributed by atoms with Gasteiger partial charge < -0.3 is 16.0 Å². The Balaban J connectivity index is 1.80. The summed E-state index contributed by atoms with van der Waals surface area (Å²) in [6.07, 6.45) is 6.57. The first-order chi connectivity index (χ1) is 12.0. The Hall–Kier alpha value is -3.15. The maximum atomic E-state index is 11.8. The van der Waals surface area contributed by atoms with Gasteiger partial charge in [0, 0.05) is 36.7 Å². The molecule has 0 spiro atoms. The van der Waals surface area contributed by atoms with Crippen LogP contribution < -0.4 is 16.0 Å². The van der Waals surface area contributed by atoms with Crippen molar-refractivity contribution < 1.29 is 9.59 Å². The molecule has 6 nitrogen and oxygen atoms in total. The van der Waals surface area contributed by atoms with Gasteiger partial charge in [-0.3, -0.25) is 9.78 Å². The molecule has 3 amide bonds. The number of urea groups is 1. The van der Waals surface area contributed by atoms with Crippen LogP contribution in [0, 0.1) is 0 Å². The molecule has 0 saturated carbocycles. The van der Waals surface area contributed by atoms with E-state index in [1.807, 2.05) is 38.1 Å². The average Bonchev–Trinajstić information content (AvgIpc) is 2.59. The smallest absolute Gasteiger partial charge is 0.319 e. The van der Waals surface area contributed by atoms with Crippen LogP contribution in [0.25, 0.3) is 6.08 Å². The molecule has 0 aliphatic heterocycles. The Labute approximate surface area is 147 Å². The number of benzene rings is 1. The number of anilines is 1. The molecule has 0 saturated heterocycles. The highest BCUT2D eigenvalue weighted by molar-refractivity contribution is 5.91. The van der Waals surface area contributed by atoms with Gasteiger partial charge >= 0.3 is 6.03 Å². The van der Waals surface area contributed by atoms with Crippen molar-refractivity contribution in [3.8, 4) is 0 Å². The van der Waals surface area contributed by atoms with Crippen LogP contribution in [-0.2, 0) is 11.3 Å². The molecule has 130 valence electrons. The van der Waals surface area contributed by atoms with Gasteiger partial charge in [-0.05, 0) is 55.3 Å². The molecule has 1 heterocycles. The molecular weight excluding hydrogens is 316 g/mol. The number of nitrogens with one attached hydrogen (secondary N) is 3. The van der Waals surface area contributed by atoms with Crippen LogP contribution >= 0.6 is 0 Å². The van der Waals surface area contributed by atoms with E-state index in [1.165, 1.54) is 6.08 Å². The van der Waals surface area contributed by atoms with Crippen LogP contribution in [0.1, 0.15) is 25.0 Å². The van der Waals surface area contributed by atoms with E-state index in [2.05, 4.69) is 20.9 Å². The van der Waals surface area contributed by atoms with Crippen LogP contribution in [0.5, 0.6) is 0 Å². The van der Waals surface area contributed by atoms with Crippen LogP contribution in [-0.4, -0.2) is 23.0 Å². The summed E-state index contributed by atoms with van der Waals surface area (Å²) in [5, 5.41) is 8.32. The molecule has 0 radical (unpaired) electrons. The molecular formula is C19H22N4O2. The lowest BCUT2D eigenvalue weighted by Crippen LogP contribution is -2.34. The highest BCUT2D eigenvalue weighted by atomic mass is 16.2. The highest BCUT2D eigenvalue weighted by Gasteiger charge is 2.03. The summed E-state index contributed by atoms with van der Waals surface area (Å²) in [5.41, 5.74) is 2.56. The zero-order valence-electron chi connectivity index (χ0n) is 14.3. The second-order valence-corrected chi connectivity index (χ2v) is 5.78. The molecule has 25 heavy (non-hydrogen) atoms. The van der Waals surface area contributed by atoms with Gasteiger partial charge in [-0.25, -0.2) is 4.79 Å². The second kappa shape index (κ2) is 9.22. The molecule has 2 rings (SSSR count). The van der Waals surface area contributed by atoms with E-state index in [1.54, 1.807) is 30.6 Å². The fourth-order valence-electron chi connectivity index (χ4n) is 2.03. The van der Waals surface area contributed by atoms with Gasteiger partial charge in [-0.1, -0.05) is 12.1 Å².